The Bertz CT molecular complexity index is 862. The van der Waals surface area contributed by atoms with Crippen molar-refractivity contribution in [3.05, 3.63) is 52.5 Å². The number of carbonyl (C=O) groups is 1. The van der Waals surface area contributed by atoms with Crippen molar-refractivity contribution in [3.8, 4) is 17.2 Å². The lowest BCUT2D eigenvalue weighted by atomic mass is 9.64. The number of hydrogen-bond donors (Lipinski definition) is 1. The third-order valence-electron chi connectivity index (χ3n) is 4.97. The molecule has 0 unspecified atom stereocenters. The lowest BCUT2D eigenvalue weighted by molar-refractivity contribution is -0.115. The summed E-state index contributed by atoms with van der Waals surface area (Å²) < 4.78 is 0. The zero-order chi connectivity index (χ0) is 16.0. The molecular weight excluding hydrogens is 308 g/mol. The fourth-order valence-corrected chi connectivity index (χ4v) is 3.86. The van der Waals surface area contributed by atoms with Crippen molar-refractivity contribution in [2.75, 3.05) is 5.32 Å². The minimum absolute atomic E-state index is 0.0176. The molecule has 1 aliphatic heterocycles. The Morgan fingerprint density at radius 1 is 1.22 bits per heavy atom. The molecule has 1 saturated carbocycles. The van der Waals surface area contributed by atoms with Crippen LogP contribution in [0.25, 0.3) is 11.1 Å². The highest BCUT2D eigenvalue weighted by atomic mass is 35.5. The van der Waals surface area contributed by atoms with Gasteiger partial charge in [-0.3, -0.25) is 4.79 Å². The van der Waals surface area contributed by atoms with Gasteiger partial charge in [-0.2, -0.15) is 5.26 Å². The van der Waals surface area contributed by atoms with Crippen molar-refractivity contribution >= 4 is 23.2 Å². The summed E-state index contributed by atoms with van der Waals surface area (Å²) in [5.74, 6) is 0.0176. The van der Waals surface area contributed by atoms with Crippen molar-refractivity contribution < 1.29 is 4.79 Å². The molecule has 2 aromatic carbocycles. The Balaban J connectivity index is 1.89. The van der Waals surface area contributed by atoms with Gasteiger partial charge >= 0.3 is 0 Å². The van der Waals surface area contributed by atoms with Gasteiger partial charge in [0, 0.05) is 16.3 Å². The second-order valence-corrected chi connectivity index (χ2v) is 6.71. The van der Waals surface area contributed by atoms with Crippen molar-refractivity contribution in [1.29, 1.82) is 5.26 Å². The number of anilines is 1. The molecule has 0 radical (unpaired) electrons. The zero-order valence-electron chi connectivity index (χ0n) is 12.5. The number of halogens is 1. The number of nitriles is 1. The van der Waals surface area contributed by atoms with E-state index in [4.69, 9.17) is 11.6 Å². The molecule has 0 bridgehead atoms. The van der Waals surface area contributed by atoms with E-state index in [1.807, 2.05) is 36.4 Å². The molecule has 4 rings (SSSR count). The predicted octanol–water partition coefficient (Wildman–Crippen LogP) is 4.45. The van der Waals surface area contributed by atoms with E-state index in [0.29, 0.717) is 11.4 Å². The number of rotatable bonds is 2. The van der Waals surface area contributed by atoms with Gasteiger partial charge in [0.2, 0.25) is 5.91 Å². The average Bonchev–Trinajstić information content (AvgIpc) is 2.86. The summed E-state index contributed by atoms with van der Waals surface area (Å²) in [5, 5.41) is 13.2. The maximum Gasteiger partial charge on any atom is 0.228 e. The Hall–Kier alpha value is -2.31. The predicted molar refractivity (Wildman–Crippen MR) is 90.4 cm³/mol. The number of hydrogen-bond acceptors (Lipinski definition) is 2. The molecule has 0 spiro atoms. The second-order valence-electron chi connectivity index (χ2n) is 6.31. The summed E-state index contributed by atoms with van der Waals surface area (Å²) in [6.45, 7) is 0. The van der Waals surface area contributed by atoms with Crippen LogP contribution < -0.4 is 5.32 Å². The highest BCUT2D eigenvalue weighted by molar-refractivity contribution is 6.33. The molecule has 1 aliphatic carbocycles. The Morgan fingerprint density at radius 3 is 2.74 bits per heavy atom. The SMILES string of the molecule is N#CC1(c2cccc(Cl)c2-c2ccc3c(c2)CC(=O)N3)CCC1. The number of nitrogens with zero attached hydrogens (tertiary/aromatic N) is 1. The molecule has 114 valence electrons. The first-order valence-electron chi connectivity index (χ1n) is 7.76. The van der Waals surface area contributed by atoms with Gasteiger partial charge in [-0.05, 0) is 54.2 Å². The van der Waals surface area contributed by atoms with Crippen molar-refractivity contribution in [3.63, 3.8) is 0 Å². The van der Waals surface area contributed by atoms with Gasteiger partial charge in [-0.15, -0.1) is 0 Å². The van der Waals surface area contributed by atoms with Crippen LogP contribution in [0.15, 0.2) is 36.4 Å². The van der Waals surface area contributed by atoms with Crippen LogP contribution in [0.1, 0.15) is 30.4 Å². The fourth-order valence-electron chi connectivity index (χ4n) is 3.57. The van der Waals surface area contributed by atoms with E-state index < -0.39 is 5.41 Å². The van der Waals surface area contributed by atoms with Crippen LogP contribution >= 0.6 is 11.6 Å². The lowest BCUT2D eigenvalue weighted by Gasteiger charge is -2.37. The number of benzene rings is 2. The van der Waals surface area contributed by atoms with Gasteiger partial charge < -0.3 is 5.32 Å². The monoisotopic (exact) mass is 322 g/mol. The third-order valence-corrected chi connectivity index (χ3v) is 5.28. The minimum Gasteiger partial charge on any atom is -0.326 e. The van der Waals surface area contributed by atoms with Gasteiger partial charge in [-0.25, -0.2) is 0 Å². The summed E-state index contributed by atoms with van der Waals surface area (Å²) in [7, 11) is 0. The van der Waals surface area contributed by atoms with Crippen molar-refractivity contribution in [2.24, 2.45) is 0 Å². The molecule has 2 aliphatic rings. The van der Waals surface area contributed by atoms with E-state index >= 15 is 0 Å². The maximum absolute atomic E-state index is 11.6. The Kier molecular flexibility index (Phi) is 3.18. The molecule has 3 nitrogen and oxygen atoms in total. The second kappa shape index (κ2) is 5.11. The van der Waals surface area contributed by atoms with Crippen LogP contribution in [-0.2, 0) is 16.6 Å². The van der Waals surface area contributed by atoms with E-state index in [1.54, 1.807) is 0 Å². The van der Waals surface area contributed by atoms with Crippen LogP contribution in [0.2, 0.25) is 5.02 Å². The van der Waals surface area contributed by atoms with Crippen LogP contribution in [0, 0.1) is 11.3 Å². The van der Waals surface area contributed by atoms with E-state index in [0.717, 1.165) is 47.2 Å². The van der Waals surface area contributed by atoms with Gasteiger partial charge in [0.25, 0.3) is 0 Å². The molecule has 1 heterocycles. The first kappa shape index (κ1) is 14.3. The van der Waals surface area contributed by atoms with Crippen molar-refractivity contribution in [2.45, 2.75) is 31.1 Å². The number of fused-ring (bicyclic) bond motifs is 1. The number of nitrogens with one attached hydrogen (secondary N) is 1. The summed E-state index contributed by atoms with van der Waals surface area (Å²) in [6.07, 6.45) is 3.22. The molecule has 1 fully saturated rings. The Morgan fingerprint density at radius 2 is 2.04 bits per heavy atom. The normalized spacial score (nSPS) is 17.8. The average molecular weight is 323 g/mol. The molecule has 2 aromatic rings. The third kappa shape index (κ3) is 2.14. The highest BCUT2D eigenvalue weighted by Crippen LogP contribution is 2.48. The number of amides is 1. The summed E-state index contributed by atoms with van der Waals surface area (Å²) in [4.78, 5) is 11.6. The zero-order valence-corrected chi connectivity index (χ0v) is 13.3. The van der Waals surface area contributed by atoms with Gasteiger partial charge in [0.05, 0.1) is 17.9 Å². The van der Waals surface area contributed by atoms with Gasteiger partial charge in [-0.1, -0.05) is 29.8 Å². The number of carbonyl (C=O) groups excluding carboxylic acids is 1. The van der Waals surface area contributed by atoms with Crippen LogP contribution in [0.3, 0.4) is 0 Å². The molecule has 0 atom stereocenters. The summed E-state index contributed by atoms with van der Waals surface area (Å²) >= 11 is 6.50. The quantitative estimate of drug-likeness (QED) is 0.888. The van der Waals surface area contributed by atoms with Crippen LogP contribution in [0.5, 0.6) is 0 Å². The van der Waals surface area contributed by atoms with Crippen molar-refractivity contribution in [1.82, 2.24) is 0 Å². The molecule has 0 aromatic heterocycles. The van der Waals surface area contributed by atoms with Crippen LogP contribution in [-0.4, -0.2) is 5.91 Å². The fraction of sp³-hybridized carbons (Fsp3) is 0.263. The summed E-state index contributed by atoms with van der Waals surface area (Å²) in [6, 6.07) is 14.2. The molecular formula is C19H15ClN2O. The van der Waals surface area contributed by atoms with E-state index in [9.17, 15) is 10.1 Å². The van der Waals surface area contributed by atoms with E-state index in [2.05, 4.69) is 11.4 Å². The largest absolute Gasteiger partial charge is 0.326 e. The smallest absolute Gasteiger partial charge is 0.228 e. The molecule has 4 heteroatoms. The Labute approximate surface area is 139 Å². The van der Waals surface area contributed by atoms with Gasteiger partial charge in [0.15, 0.2) is 0 Å². The minimum atomic E-state index is -0.423. The molecule has 1 amide bonds. The standard InChI is InChI=1S/C19H15ClN2O/c20-15-4-1-3-14(19(11-21)7-2-8-19)18(15)12-5-6-16-13(9-12)10-17(23)22-16/h1,3-6,9H,2,7-8,10H2,(H,22,23). The van der Waals surface area contributed by atoms with Crippen LogP contribution in [0.4, 0.5) is 5.69 Å². The maximum atomic E-state index is 11.6. The lowest BCUT2D eigenvalue weighted by Crippen LogP contribution is -2.33. The van der Waals surface area contributed by atoms with E-state index in [1.165, 1.54) is 0 Å². The molecule has 23 heavy (non-hydrogen) atoms. The highest BCUT2D eigenvalue weighted by Gasteiger charge is 2.41. The first-order valence-corrected chi connectivity index (χ1v) is 8.14. The van der Waals surface area contributed by atoms with E-state index in [-0.39, 0.29) is 5.91 Å². The van der Waals surface area contributed by atoms with Gasteiger partial charge in [0.1, 0.15) is 0 Å². The summed E-state index contributed by atoms with van der Waals surface area (Å²) in [5.41, 5.74) is 4.34. The molecule has 1 N–H and O–H groups in total. The topological polar surface area (TPSA) is 52.9 Å². The molecule has 0 saturated heterocycles. The first-order chi connectivity index (χ1) is 11.1.